The number of halogens is 1. The molecular weight excluding hydrogens is 300 g/mol. The second-order valence-electron chi connectivity index (χ2n) is 4.23. The van der Waals surface area contributed by atoms with E-state index in [0.717, 1.165) is 0 Å². The SMILES string of the molecule is CNCC(O)c1ccc(O)c2[nH]c(OC(=O)OC)cc12.Cl. The first-order chi connectivity index (χ1) is 9.56. The maximum absolute atomic E-state index is 11.1. The van der Waals surface area contributed by atoms with Gasteiger partial charge in [-0.25, -0.2) is 4.79 Å². The van der Waals surface area contributed by atoms with Crippen molar-refractivity contribution >= 4 is 29.5 Å². The molecule has 2 rings (SSSR count). The molecule has 1 atom stereocenters. The number of fused-ring (bicyclic) bond motifs is 1. The highest BCUT2D eigenvalue weighted by Crippen LogP contribution is 2.33. The van der Waals surface area contributed by atoms with Crippen LogP contribution in [-0.2, 0) is 4.74 Å². The lowest BCUT2D eigenvalue weighted by Crippen LogP contribution is -2.16. The summed E-state index contributed by atoms with van der Waals surface area (Å²) in [6.45, 7) is 0.359. The Balaban J connectivity index is 0.00000220. The van der Waals surface area contributed by atoms with Crippen molar-refractivity contribution in [3.8, 4) is 11.6 Å². The average molecular weight is 317 g/mol. The predicted molar refractivity (Wildman–Crippen MR) is 79.1 cm³/mol. The Labute approximate surface area is 127 Å². The number of rotatable bonds is 4. The molecule has 0 aliphatic rings. The number of phenolic OH excluding ortho intramolecular Hbond substituents is 1. The van der Waals surface area contributed by atoms with Crippen molar-refractivity contribution in [3.63, 3.8) is 0 Å². The number of hydrogen-bond donors (Lipinski definition) is 4. The number of carbonyl (C=O) groups is 1. The fourth-order valence-electron chi connectivity index (χ4n) is 1.98. The van der Waals surface area contributed by atoms with Crippen LogP contribution in [0.4, 0.5) is 4.79 Å². The number of likely N-dealkylation sites (N-methyl/N-ethyl adjacent to an activating group) is 1. The third-order valence-corrected chi connectivity index (χ3v) is 2.90. The average Bonchev–Trinajstić information content (AvgIpc) is 2.83. The lowest BCUT2D eigenvalue weighted by Gasteiger charge is -2.11. The highest BCUT2D eigenvalue weighted by Gasteiger charge is 2.16. The molecule has 0 radical (unpaired) electrons. The van der Waals surface area contributed by atoms with E-state index in [1.807, 2.05) is 0 Å². The van der Waals surface area contributed by atoms with Crippen LogP contribution in [0.1, 0.15) is 11.7 Å². The number of hydrogen-bond acceptors (Lipinski definition) is 6. The van der Waals surface area contributed by atoms with E-state index in [0.29, 0.717) is 23.0 Å². The number of benzene rings is 1. The number of aromatic nitrogens is 1. The van der Waals surface area contributed by atoms with Gasteiger partial charge in [0.25, 0.3) is 0 Å². The molecule has 1 heterocycles. The number of aliphatic hydroxyl groups excluding tert-OH is 1. The smallest absolute Gasteiger partial charge is 0.506 e. The standard InChI is InChI=1S/C13H16N2O5.ClH/c1-14-6-10(17)7-3-4-9(16)12-8(7)5-11(15-12)20-13(18)19-2;/h3-5,10,14-17H,6H2,1-2H3;1H. The van der Waals surface area contributed by atoms with Gasteiger partial charge in [-0.3, -0.25) is 0 Å². The molecule has 116 valence electrons. The molecule has 0 saturated heterocycles. The molecule has 0 aliphatic carbocycles. The number of aliphatic hydroxyl groups is 1. The van der Waals surface area contributed by atoms with E-state index < -0.39 is 12.3 Å². The van der Waals surface area contributed by atoms with Crippen molar-refractivity contribution in [2.24, 2.45) is 0 Å². The number of H-pyrrole nitrogens is 1. The lowest BCUT2D eigenvalue weighted by atomic mass is 10.0. The number of methoxy groups -OCH3 is 1. The Kier molecular flexibility index (Phi) is 5.83. The van der Waals surface area contributed by atoms with E-state index in [2.05, 4.69) is 15.0 Å². The maximum Gasteiger partial charge on any atom is 0.514 e. The molecule has 21 heavy (non-hydrogen) atoms. The van der Waals surface area contributed by atoms with E-state index in [4.69, 9.17) is 4.74 Å². The Morgan fingerprint density at radius 3 is 2.81 bits per heavy atom. The van der Waals surface area contributed by atoms with Crippen molar-refractivity contribution in [1.82, 2.24) is 10.3 Å². The summed E-state index contributed by atoms with van der Waals surface area (Å²) in [6.07, 6.45) is -1.61. The van der Waals surface area contributed by atoms with Gasteiger partial charge in [0.1, 0.15) is 5.75 Å². The molecule has 1 unspecified atom stereocenters. The van der Waals surface area contributed by atoms with Gasteiger partial charge in [0, 0.05) is 18.0 Å². The minimum Gasteiger partial charge on any atom is -0.506 e. The van der Waals surface area contributed by atoms with Gasteiger partial charge in [-0.2, -0.15) is 0 Å². The van der Waals surface area contributed by atoms with Crippen LogP contribution in [0.2, 0.25) is 0 Å². The normalized spacial score (nSPS) is 11.8. The molecule has 1 aromatic carbocycles. The van der Waals surface area contributed by atoms with Crippen LogP contribution in [0.25, 0.3) is 10.9 Å². The minimum absolute atomic E-state index is 0. The molecule has 4 N–H and O–H groups in total. The molecule has 8 heteroatoms. The van der Waals surface area contributed by atoms with Crippen LogP contribution >= 0.6 is 12.4 Å². The number of phenols is 1. The summed E-state index contributed by atoms with van der Waals surface area (Å²) in [5.41, 5.74) is 1.000. The zero-order valence-corrected chi connectivity index (χ0v) is 12.4. The van der Waals surface area contributed by atoms with Gasteiger partial charge in [-0.1, -0.05) is 6.07 Å². The van der Waals surface area contributed by atoms with Crippen molar-refractivity contribution in [2.75, 3.05) is 20.7 Å². The van der Waals surface area contributed by atoms with Crippen LogP contribution in [0.3, 0.4) is 0 Å². The highest BCUT2D eigenvalue weighted by atomic mass is 35.5. The molecule has 0 aliphatic heterocycles. The summed E-state index contributed by atoms with van der Waals surface area (Å²) in [4.78, 5) is 13.8. The van der Waals surface area contributed by atoms with Crippen LogP contribution in [-0.4, -0.2) is 42.1 Å². The van der Waals surface area contributed by atoms with Gasteiger partial charge in [-0.15, -0.1) is 12.4 Å². The first kappa shape index (κ1) is 17.1. The summed E-state index contributed by atoms with van der Waals surface area (Å²) in [6, 6.07) is 4.62. The van der Waals surface area contributed by atoms with Gasteiger partial charge in [0.15, 0.2) is 0 Å². The summed E-state index contributed by atoms with van der Waals surface area (Å²) in [5.74, 6) is 0.131. The lowest BCUT2D eigenvalue weighted by molar-refractivity contribution is 0.120. The third-order valence-electron chi connectivity index (χ3n) is 2.90. The number of aromatic amines is 1. The van der Waals surface area contributed by atoms with E-state index in [1.54, 1.807) is 13.1 Å². The maximum atomic E-state index is 11.1. The monoisotopic (exact) mass is 316 g/mol. The summed E-state index contributed by atoms with van der Waals surface area (Å²) < 4.78 is 9.27. The van der Waals surface area contributed by atoms with E-state index in [1.165, 1.54) is 19.2 Å². The topological polar surface area (TPSA) is 104 Å². The Bertz CT molecular complexity index is 628. The van der Waals surface area contributed by atoms with Crippen LogP contribution in [0.15, 0.2) is 18.2 Å². The number of nitrogens with one attached hydrogen (secondary N) is 2. The highest BCUT2D eigenvalue weighted by molar-refractivity contribution is 5.90. The van der Waals surface area contributed by atoms with Gasteiger partial charge >= 0.3 is 6.16 Å². The molecule has 0 bridgehead atoms. The van der Waals surface area contributed by atoms with E-state index in [9.17, 15) is 15.0 Å². The van der Waals surface area contributed by atoms with E-state index in [-0.39, 0.29) is 24.0 Å². The summed E-state index contributed by atoms with van der Waals surface area (Å²) in [5, 5.41) is 23.3. The number of carbonyl (C=O) groups excluding carboxylic acids is 1. The molecule has 2 aromatic rings. The van der Waals surface area contributed by atoms with Gasteiger partial charge in [0.05, 0.1) is 18.7 Å². The molecular formula is C13H17ClN2O5. The van der Waals surface area contributed by atoms with Crippen LogP contribution in [0.5, 0.6) is 11.6 Å². The van der Waals surface area contributed by atoms with Crippen molar-refractivity contribution in [3.05, 3.63) is 23.8 Å². The second-order valence-corrected chi connectivity index (χ2v) is 4.23. The first-order valence-electron chi connectivity index (χ1n) is 6.00. The van der Waals surface area contributed by atoms with E-state index >= 15 is 0 Å². The second kappa shape index (κ2) is 7.16. The molecule has 7 nitrogen and oxygen atoms in total. The number of ether oxygens (including phenoxy) is 2. The quantitative estimate of drug-likeness (QED) is 0.640. The fourth-order valence-corrected chi connectivity index (χ4v) is 1.98. The Hall–Kier alpha value is -1.96. The molecule has 1 aromatic heterocycles. The largest absolute Gasteiger partial charge is 0.514 e. The van der Waals surface area contributed by atoms with Crippen molar-refractivity contribution in [1.29, 1.82) is 0 Å². The molecule has 0 fully saturated rings. The van der Waals surface area contributed by atoms with Crippen LogP contribution in [0, 0.1) is 0 Å². The first-order valence-corrected chi connectivity index (χ1v) is 6.00. The van der Waals surface area contributed by atoms with Gasteiger partial charge < -0.3 is 30.0 Å². The Morgan fingerprint density at radius 2 is 2.19 bits per heavy atom. The fraction of sp³-hybridized carbons (Fsp3) is 0.308. The molecule has 0 amide bonds. The zero-order valence-electron chi connectivity index (χ0n) is 11.5. The van der Waals surface area contributed by atoms with Crippen LogP contribution < -0.4 is 10.1 Å². The minimum atomic E-state index is -0.867. The Morgan fingerprint density at radius 1 is 1.48 bits per heavy atom. The van der Waals surface area contributed by atoms with Gasteiger partial charge in [-0.05, 0) is 18.7 Å². The third kappa shape index (κ3) is 3.57. The van der Waals surface area contributed by atoms with Gasteiger partial charge in [0.2, 0.25) is 5.88 Å². The summed E-state index contributed by atoms with van der Waals surface area (Å²) >= 11 is 0. The molecule has 0 spiro atoms. The number of aromatic hydroxyl groups is 1. The van der Waals surface area contributed by atoms with Crippen molar-refractivity contribution in [2.45, 2.75) is 6.10 Å². The zero-order chi connectivity index (χ0) is 14.7. The molecule has 0 saturated carbocycles. The summed E-state index contributed by atoms with van der Waals surface area (Å²) in [7, 11) is 2.92. The van der Waals surface area contributed by atoms with Crippen molar-refractivity contribution < 1.29 is 24.5 Å². The predicted octanol–water partition coefficient (Wildman–Crippen LogP) is 1.69.